The van der Waals surface area contributed by atoms with Gasteiger partial charge in [-0.05, 0) is 31.7 Å². The van der Waals surface area contributed by atoms with Gasteiger partial charge in [-0.3, -0.25) is 4.90 Å². The topological polar surface area (TPSA) is 42.2 Å². The molecular formula is C14H18ClN3O. The molecule has 0 radical (unpaired) electrons. The Morgan fingerprint density at radius 3 is 2.58 bits per heavy atom. The van der Waals surface area contributed by atoms with Crippen molar-refractivity contribution in [3.63, 3.8) is 0 Å². The number of nitrogens with zero attached hydrogens (tertiary/aromatic N) is 3. The van der Waals surface area contributed by atoms with Crippen LogP contribution in [0, 0.1) is 0 Å². The van der Waals surface area contributed by atoms with E-state index in [4.69, 9.17) is 16.1 Å². The van der Waals surface area contributed by atoms with Crippen LogP contribution in [0.3, 0.4) is 0 Å². The highest BCUT2D eigenvalue weighted by Gasteiger charge is 2.15. The highest BCUT2D eigenvalue weighted by atomic mass is 35.5. The minimum absolute atomic E-state index is 0.259. The molecule has 0 saturated carbocycles. The summed E-state index contributed by atoms with van der Waals surface area (Å²) >= 11 is 5.90. The number of hydrogen-bond acceptors (Lipinski definition) is 4. The van der Waals surface area contributed by atoms with Gasteiger partial charge in [0, 0.05) is 17.5 Å². The van der Waals surface area contributed by atoms with Crippen LogP contribution in [0.5, 0.6) is 0 Å². The highest BCUT2D eigenvalue weighted by Crippen LogP contribution is 2.22. The molecule has 1 unspecified atom stereocenters. The molecule has 2 aromatic rings. The third-order valence-electron chi connectivity index (χ3n) is 3.22. The molecule has 0 amide bonds. The maximum absolute atomic E-state index is 5.90. The molecule has 0 spiro atoms. The predicted octanol–water partition coefficient (Wildman–Crippen LogP) is 3.48. The zero-order valence-corrected chi connectivity index (χ0v) is 12.2. The largest absolute Gasteiger partial charge is 0.338 e. The number of rotatable bonds is 5. The summed E-state index contributed by atoms with van der Waals surface area (Å²) in [6.45, 7) is 4.78. The maximum Gasteiger partial charge on any atom is 0.240 e. The van der Waals surface area contributed by atoms with Crippen LogP contribution in [0.2, 0.25) is 5.02 Å². The molecule has 19 heavy (non-hydrogen) atoms. The van der Waals surface area contributed by atoms with Crippen LogP contribution >= 0.6 is 11.6 Å². The van der Waals surface area contributed by atoms with E-state index in [2.05, 4.69) is 22.0 Å². The fourth-order valence-corrected chi connectivity index (χ4v) is 1.97. The van der Waals surface area contributed by atoms with Gasteiger partial charge in [0.25, 0.3) is 0 Å². The van der Waals surface area contributed by atoms with Crippen molar-refractivity contribution in [1.29, 1.82) is 0 Å². The normalized spacial score (nSPS) is 12.9. The summed E-state index contributed by atoms with van der Waals surface area (Å²) in [5.74, 6) is 1.41. The molecule has 1 aromatic heterocycles. The first kappa shape index (κ1) is 14.0. The monoisotopic (exact) mass is 279 g/mol. The molecule has 0 aliphatic heterocycles. The molecule has 0 fully saturated rings. The summed E-state index contributed by atoms with van der Waals surface area (Å²) in [6.07, 6.45) is 0.792. The summed E-state index contributed by atoms with van der Waals surface area (Å²) < 4.78 is 5.21. The van der Waals surface area contributed by atoms with Gasteiger partial charge in [-0.25, -0.2) is 0 Å². The molecule has 0 saturated heterocycles. The van der Waals surface area contributed by atoms with Gasteiger partial charge in [0.05, 0.1) is 6.54 Å². The molecule has 0 aliphatic carbocycles. The van der Waals surface area contributed by atoms with Crippen LogP contribution < -0.4 is 0 Å². The summed E-state index contributed by atoms with van der Waals surface area (Å²) in [6, 6.07) is 8.14. The third-order valence-corrected chi connectivity index (χ3v) is 3.48. The lowest BCUT2D eigenvalue weighted by atomic mass is 10.1. The quantitative estimate of drug-likeness (QED) is 0.840. The molecule has 102 valence electrons. The Hall–Kier alpha value is -1.39. The Morgan fingerprint density at radius 1 is 1.32 bits per heavy atom. The second kappa shape index (κ2) is 6.17. The average Bonchev–Trinajstić information content (AvgIpc) is 2.86. The highest BCUT2D eigenvalue weighted by molar-refractivity contribution is 6.30. The summed E-state index contributed by atoms with van der Waals surface area (Å²) in [7, 11) is 2.04. The number of hydrogen-bond donors (Lipinski definition) is 0. The Labute approximate surface area is 118 Å². The van der Waals surface area contributed by atoms with Crippen molar-refractivity contribution in [2.75, 3.05) is 7.05 Å². The molecule has 0 N–H and O–H groups in total. The summed E-state index contributed by atoms with van der Waals surface area (Å²) in [5.41, 5.74) is 1.21. The lowest BCUT2D eigenvalue weighted by molar-refractivity contribution is 0.216. The van der Waals surface area contributed by atoms with E-state index in [1.54, 1.807) is 0 Å². The van der Waals surface area contributed by atoms with Crippen molar-refractivity contribution in [3.05, 3.63) is 46.6 Å². The van der Waals surface area contributed by atoms with E-state index in [1.807, 2.05) is 38.2 Å². The molecule has 1 atom stereocenters. The molecule has 2 rings (SSSR count). The second-order valence-electron chi connectivity index (χ2n) is 4.60. The SMILES string of the molecule is CCc1noc(CN(C)C(C)c2ccc(Cl)cc2)n1. The van der Waals surface area contributed by atoms with Gasteiger partial charge in [-0.2, -0.15) is 4.98 Å². The van der Waals surface area contributed by atoms with Crippen LogP contribution in [0.15, 0.2) is 28.8 Å². The lowest BCUT2D eigenvalue weighted by Crippen LogP contribution is -2.22. The van der Waals surface area contributed by atoms with Crippen molar-refractivity contribution >= 4 is 11.6 Å². The number of aryl methyl sites for hydroxylation is 1. The lowest BCUT2D eigenvalue weighted by Gasteiger charge is -2.23. The van der Waals surface area contributed by atoms with Gasteiger partial charge in [0.15, 0.2) is 5.82 Å². The van der Waals surface area contributed by atoms with E-state index in [-0.39, 0.29) is 6.04 Å². The Balaban J connectivity index is 2.02. The van der Waals surface area contributed by atoms with Crippen LogP contribution in [0.25, 0.3) is 0 Å². The molecule has 5 heteroatoms. The molecule has 0 bridgehead atoms. The first-order valence-corrected chi connectivity index (χ1v) is 6.75. The maximum atomic E-state index is 5.90. The fraction of sp³-hybridized carbons (Fsp3) is 0.429. The smallest absolute Gasteiger partial charge is 0.240 e. The van der Waals surface area contributed by atoms with Gasteiger partial charge in [0.2, 0.25) is 5.89 Å². The van der Waals surface area contributed by atoms with Crippen LogP contribution in [0.1, 0.15) is 37.2 Å². The van der Waals surface area contributed by atoms with Gasteiger partial charge in [-0.1, -0.05) is 35.8 Å². The van der Waals surface area contributed by atoms with E-state index in [1.165, 1.54) is 5.56 Å². The van der Waals surface area contributed by atoms with Crippen molar-refractivity contribution < 1.29 is 4.52 Å². The molecule has 4 nitrogen and oxygen atoms in total. The number of halogens is 1. The van der Waals surface area contributed by atoms with Gasteiger partial charge in [0.1, 0.15) is 0 Å². The van der Waals surface area contributed by atoms with Gasteiger partial charge >= 0.3 is 0 Å². The van der Waals surface area contributed by atoms with Crippen LogP contribution in [-0.4, -0.2) is 22.1 Å². The first-order chi connectivity index (χ1) is 9.10. The average molecular weight is 280 g/mol. The zero-order chi connectivity index (χ0) is 13.8. The van der Waals surface area contributed by atoms with E-state index in [0.717, 1.165) is 17.3 Å². The van der Waals surface area contributed by atoms with Crippen molar-refractivity contribution in [1.82, 2.24) is 15.0 Å². The second-order valence-corrected chi connectivity index (χ2v) is 5.04. The summed E-state index contributed by atoms with van der Waals surface area (Å²) in [4.78, 5) is 6.48. The molecule has 0 aliphatic rings. The van der Waals surface area contributed by atoms with Crippen LogP contribution in [-0.2, 0) is 13.0 Å². The minimum atomic E-state index is 0.259. The van der Waals surface area contributed by atoms with Gasteiger partial charge < -0.3 is 4.52 Å². The van der Waals surface area contributed by atoms with Crippen molar-refractivity contribution in [2.24, 2.45) is 0 Å². The molecule has 1 heterocycles. The van der Waals surface area contributed by atoms with Gasteiger partial charge in [-0.15, -0.1) is 0 Å². The Morgan fingerprint density at radius 2 is 2.00 bits per heavy atom. The molecule has 1 aromatic carbocycles. The van der Waals surface area contributed by atoms with E-state index >= 15 is 0 Å². The van der Waals surface area contributed by atoms with Crippen LogP contribution in [0.4, 0.5) is 0 Å². The summed E-state index contributed by atoms with van der Waals surface area (Å²) in [5, 5.41) is 4.65. The Bertz CT molecular complexity index is 524. The minimum Gasteiger partial charge on any atom is -0.338 e. The van der Waals surface area contributed by atoms with Crippen molar-refractivity contribution in [2.45, 2.75) is 32.9 Å². The first-order valence-electron chi connectivity index (χ1n) is 6.37. The van der Waals surface area contributed by atoms with E-state index < -0.39 is 0 Å². The Kier molecular flexibility index (Phi) is 4.56. The van der Waals surface area contributed by atoms with E-state index in [0.29, 0.717) is 12.4 Å². The third kappa shape index (κ3) is 3.55. The molecular weight excluding hydrogens is 262 g/mol. The number of benzene rings is 1. The predicted molar refractivity (Wildman–Crippen MR) is 75.0 cm³/mol. The van der Waals surface area contributed by atoms with Crippen molar-refractivity contribution in [3.8, 4) is 0 Å². The van der Waals surface area contributed by atoms with E-state index in [9.17, 15) is 0 Å². The zero-order valence-electron chi connectivity index (χ0n) is 11.4. The standard InChI is InChI=1S/C14H18ClN3O/c1-4-13-16-14(19-17-13)9-18(3)10(2)11-5-7-12(15)8-6-11/h5-8,10H,4,9H2,1-3H3. The number of aromatic nitrogens is 2. The fourth-order valence-electron chi connectivity index (χ4n) is 1.84.